The van der Waals surface area contributed by atoms with Gasteiger partial charge in [0.25, 0.3) is 0 Å². The van der Waals surface area contributed by atoms with Gasteiger partial charge in [0.05, 0.1) is 23.7 Å². The van der Waals surface area contributed by atoms with Crippen molar-refractivity contribution in [3.05, 3.63) is 57.9 Å². The van der Waals surface area contributed by atoms with Crippen molar-refractivity contribution in [3.63, 3.8) is 0 Å². The third-order valence-corrected chi connectivity index (χ3v) is 11.9. The molecular weight excluding hydrogens is 643 g/mol. The number of aromatic amines is 2. The fourth-order valence-corrected chi connectivity index (χ4v) is 9.78. The Labute approximate surface area is 280 Å². The van der Waals surface area contributed by atoms with Gasteiger partial charge in [-0.15, -0.1) is 23.2 Å². The lowest BCUT2D eigenvalue weighted by molar-refractivity contribution is -0.205. The Hall–Kier alpha value is -4.02. The maximum absolute atomic E-state index is 14.3. The fraction of sp³-hybridized carbons (Fsp3) is 0.429. The zero-order valence-corrected chi connectivity index (χ0v) is 27.5. The summed E-state index contributed by atoms with van der Waals surface area (Å²) >= 11 is 12.9. The minimum absolute atomic E-state index is 0.0382. The summed E-state index contributed by atoms with van der Waals surface area (Å²) in [7, 11) is 0. The topological polar surface area (TPSA) is 147 Å². The molecule has 4 heterocycles. The van der Waals surface area contributed by atoms with Crippen LogP contribution < -0.4 is 9.80 Å². The van der Waals surface area contributed by atoms with Crippen molar-refractivity contribution in [2.45, 2.75) is 57.8 Å². The average molecular weight is 678 g/mol. The molecule has 2 aromatic heterocycles. The number of carbonyl (C=O) groups is 4. The smallest absolute Gasteiger partial charge is 0.307 e. The molecule has 5 aliphatic rings. The number of hydrogen-bond acceptors (Lipinski definition) is 4. The molecule has 2 aromatic carbocycles. The Kier molecular flexibility index (Phi) is 6.61. The van der Waals surface area contributed by atoms with Gasteiger partial charge in [0.2, 0.25) is 11.8 Å². The minimum atomic E-state index is -0.953. The summed E-state index contributed by atoms with van der Waals surface area (Å²) in [5.74, 6) is -1.55. The number of aryl methyl sites for hydroxylation is 2. The van der Waals surface area contributed by atoms with E-state index in [1.165, 1.54) is 0 Å². The second-order valence-corrected chi connectivity index (χ2v) is 14.8. The molecule has 4 N–H and O–H groups in total. The summed E-state index contributed by atoms with van der Waals surface area (Å²) < 4.78 is 0. The quantitative estimate of drug-likeness (QED) is 0.175. The van der Waals surface area contributed by atoms with Crippen molar-refractivity contribution in [3.8, 4) is 0 Å². The molecule has 3 saturated carbocycles. The number of aromatic nitrogens is 2. The molecule has 0 spiro atoms. The van der Waals surface area contributed by atoms with E-state index in [1.54, 1.807) is 9.80 Å². The molecule has 4 aromatic rings. The van der Waals surface area contributed by atoms with Gasteiger partial charge in [-0.2, -0.15) is 0 Å². The van der Waals surface area contributed by atoms with E-state index < -0.39 is 22.8 Å². The van der Waals surface area contributed by atoms with Crippen LogP contribution in [0.25, 0.3) is 21.8 Å². The fourth-order valence-electron chi connectivity index (χ4n) is 9.28. The number of carbonyl (C=O) groups excluding carboxylic acids is 2. The summed E-state index contributed by atoms with van der Waals surface area (Å²) in [5, 5.41) is 21.1. The van der Waals surface area contributed by atoms with E-state index in [-0.39, 0.29) is 36.5 Å². The van der Waals surface area contributed by atoms with Gasteiger partial charge in [-0.25, -0.2) is 0 Å². The standard InChI is InChI=1S/C35H34Cl2N4O6/c1-16-9-38-30-18(5-24(42)43)3-22-28(26(16)30)20(7-36)11-40(22)32(46)34-13-35(14-34,15-34)33(47)41-12-21(8-37)29-23(41)4-19(6-25(44)45)31-27(29)17(2)10-39-31/h3-4,9-10,20-21,38-39H,5-8,11-15H2,1-2H3,(H,42,43)(H,44,45)/t20-,21-,34?,35?/m1/s1. The average Bonchev–Trinajstić information content (AvgIpc) is 3.74. The van der Waals surface area contributed by atoms with Crippen molar-refractivity contribution < 1.29 is 29.4 Å². The number of carboxylic acids is 2. The van der Waals surface area contributed by atoms with E-state index in [2.05, 4.69) is 9.97 Å². The number of aliphatic carboxylic acids is 2. The lowest BCUT2D eigenvalue weighted by Crippen LogP contribution is -2.73. The molecule has 0 unspecified atom stereocenters. The molecule has 2 atom stereocenters. The van der Waals surface area contributed by atoms with Gasteiger partial charge in [0, 0.05) is 82.3 Å². The Balaban J connectivity index is 1.10. The third-order valence-electron chi connectivity index (χ3n) is 11.2. The minimum Gasteiger partial charge on any atom is -0.481 e. The van der Waals surface area contributed by atoms with Crippen molar-refractivity contribution in [1.29, 1.82) is 0 Å². The number of alkyl halides is 2. The Bertz CT molecular complexity index is 1920. The molecule has 10 nitrogen and oxygen atoms in total. The number of amides is 2. The molecule has 3 aliphatic carbocycles. The molecule has 2 amide bonds. The number of benzene rings is 2. The molecule has 3 fully saturated rings. The summed E-state index contributed by atoms with van der Waals surface area (Å²) in [5.41, 5.74) is 6.77. The van der Waals surface area contributed by atoms with Gasteiger partial charge in [0.15, 0.2) is 0 Å². The SMILES string of the molecule is Cc1c[nH]c2c(CC(=O)O)cc3c(c12)[C@H](CCl)CN3C(=O)C12CC(C(=O)N3C[C@@H](CCl)c4c3cc(CC(=O)O)c3[nH]cc(C)c43)(C1)C2. The number of H-pyrrole nitrogens is 2. The van der Waals surface area contributed by atoms with Crippen molar-refractivity contribution >= 4 is 80.1 Å². The lowest BCUT2D eigenvalue weighted by atomic mass is 9.34. The van der Waals surface area contributed by atoms with Crippen LogP contribution in [0.2, 0.25) is 0 Å². The van der Waals surface area contributed by atoms with Crippen LogP contribution in [0.5, 0.6) is 0 Å². The number of nitrogens with zero attached hydrogens (tertiary/aromatic N) is 2. The van der Waals surface area contributed by atoms with Crippen LogP contribution in [0, 0.1) is 24.7 Å². The maximum Gasteiger partial charge on any atom is 0.307 e. The van der Waals surface area contributed by atoms with Crippen LogP contribution >= 0.6 is 23.2 Å². The van der Waals surface area contributed by atoms with Crippen LogP contribution in [-0.4, -0.2) is 68.8 Å². The van der Waals surface area contributed by atoms with E-state index >= 15 is 0 Å². The molecule has 9 rings (SSSR count). The number of nitrogens with one attached hydrogen (secondary N) is 2. The molecule has 0 radical (unpaired) electrons. The Morgan fingerprint density at radius 3 is 1.47 bits per heavy atom. The van der Waals surface area contributed by atoms with Gasteiger partial charge in [0.1, 0.15) is 0 Å². The highest BCUT2D eigenvalue weighted by Crippen LogP contribution is 2.75. The van der Waals surface area contributed by atoms with Gasteiger partial charge in [-0.1, -0.05) is 0 Å². The van der Waals surface area contributed by atoms with Gasteiger partial charge >= 0.3 is 11.9 Å². The van der Waals surface area contributed by atoms with Crippen molar-refractivity contribution in [2.24, 2.45) is 10.8 Å². The Morgan fingerprint density at radius 1 is 0.745 bits per heavy atom. The zero-order valence-electron chi connectivity index (χ0n) is 26.0. The van der Waals surface area contributed by atoms with Crippen molar-refractivity contribution in [2.75, 3.05) is 34.6 Å². The summed E-state index contributed by atoms with van der Waals surface area (Å²) in [6.45, 7) is 4.75. The third kappa shape index (κ3) is 4.10. The zero-order chi connectivity index (χ0) is 33.2. The first-order chi connectivity index (χ1) is 22.4. The van der Waals surface area contributed by atoms with E-state index in [9.17, 15) is 29.4 Å². The van der Waals surface area contributed by atoms with Gasteiger partial charge in [-0.05, 0) is 78.6 Å². The summed E-state index contributed by atoms with van der Waals surface area (Å²) in [6, 6.07) is 3.65. The first kappa shape index (κ1) is 30.3. The molecule has 47 heavy (non-hydrogen) atoms. The molecule has 2 bridgehead atoms. The first-order valence-corrected chi connectivity index (χ1v) is 16.9. The highest BCUT2D eigenvalue weighted by atomic mass is 35.5. The van der Waals surface area contributed by atoms with Gasteiger partial charge < -0.3 is 30.0 Å². The second kappa shape index (κ2) is 10.2. The number of rotatable bonds is 8. The molecule has 12 heteroatoms. The molecular formula is C35H34Cl2N4O6. The van der Waals surface area contributed by atoms with Crippen LogP contribution in [0.3, 0.4) is 0 Å². The highest BCUT2D eigenvalue weighted by molar-refractivity contribution is 6.20. The number of halogens is 2. The Morgan fingerprint density at radius 2 is 1.13 bits per heavy atom. The van der Waals surface area contributed by atoms with Crippen LogP contribution in [-0.2, 0) is 32.0 Å². The molecule has 244 valence electrons. The highest BCUT2D eigenvalue weighted by Gasteiger charge is 2.76. The van der Waals surface area contributed by atoms with E-state index in [0.717, 1.165) is 44.1 Å². The predicted molar refractivity (Wildman–Crippen MR) is 179 cm³/mol. The molecule has 2 aliphatic heterocycles. The van der Waals surface area contributed by atoms with E-state index in [4.69, 9.17) is 23.2 Å². The summed E-state index contributed by atoms with van der Waals surface area (Å²) in [4.78, 5) is 62.2. The lowest BCUT2D eigenvalue weighted by Gasteiger charge is -2.69. The second-order valence-electron chi connectivity index (χ2n) is 14.1. The maximum atomic E-state index is 14.3. The number of carboxylic acid groups (broad SMARTS) is 2. The van der Waals surface area contributed by atoms with Crippen molar-refractivity contribution in [1.82, 2.24) is 9.97 Å². The summed E-state index contributed by atoms with van der Waals surface area (Å²) in [6.07, 6.45) is 4.68. The monoisotopic (exact) mass is 676 g/mol. The number of fused-ring (bicyclic) bond motifs is 6. The first-order valence-electron chi connectivity index (χ1n) is 15.9. The largest absolute Gasteiger partial charge is 0.481 e. The number of hydrogen-bond donors (Lipinski definition) is 4. The predicted octanol–water partition coefficient (Wildman–Crippen LogP) is 5.73. The van der Waals surface area contributed by atoms with E-state index in [0.29, 0.717) is 66.6 Å². The van der Waals surface area contributed by atoms with E-state index in [1.807, 2.05) is 38.4 Å². The van der Waals surface area contributed by atoms with Gasteiger partial charge in [-0.3, -0.25) is 19.2 Å². The molecule has 0 saturated heterocycles. The van der Waals surface area contributed by atoms with Crippen LogP contribution in [0.4, 0.5) is 11.4 Å². The van der Waals surface area contributed by atoms with Crippen LogP contribution in [0.1, 0.15) is 64.5 Å². The normalized spacial score (nSPS) is 25.5. The number of anilines is 2. The van der Waals surface area contributed by atoms with Crippen LogP contribution in [0.15, 0.2) is 24.5 Å².